The molecule has 1 heterocycles. The molecule has 3 rings (SSSR count). The van der Waals surface area contributed by atoms with E-state index in [1.54, 1.807) is 13.8 Å². The molecule has 156 valence electrons. The van der Waals surface area contributed by atoms with Gasteiger partial charge in [0.2, 0.25) is 11.6 Å². The predicted octanol–water partition coefficient (Wildman–Crippen LogP) is 4.02. The first-order chi connectivity index (χ1) is 13.5. The largest absolute Gasteiger partial charge is 0.389 e. The number of aromatic nitrogens is 2. The van der Waals surface area contributed by atoms with Crippen LogP contribution in [-0.2, 0) is 21.7 Å². The summed E-state index contributed by atoms with van der Waals surface area (Å²) >= 11 is 0. The van der Waals surface area contributed by atoms with Crippen LogP contribution in [0.2, 0.25) is 0 Å². The molecular formula is C21H24F3N3O2. The van der Waals surface area contributed by atoms with Gasteiger partial charge in [-0.3, -0.25) is 19.6 Å². The van der Waals surface area contributed by atoms with Crippen LogP contribution in [0.5, 0.6) is 0 Å². The van der Waals surface area contributed by atoms with Gasteiger partial charge in [-0.25, -0.2) is 0 Å². The summed E-state index contributed by atoms with van der Waals surface area (Å²) in [5.74, 6) is -1.30. The Balaban J connectivity index is 1.80. The maximum atomic E-state index is 12.5. The van der Waals surface area contributed by atoms with Crippen LogP contribution in [0.1, 0.15) is 45.6 Å². The Morgan fingerprint density at radius 1 is 1.14 bits per heavy atom. The Morgan fingerprint density at radius 3 is 2.38 bits per heavy atom. The lowest BCUT2D eigenvalue weighted by Crippen LogP contribution is -2.48. The van der Waals surface area contributed by atoms with E-state index in [1.807, 2.05) is 48.1 Å². The molecule has 0 amide bonds. The van der Waals surface area contributed by atoms with Gasteiger partial charge in [0.05, 0.1) is 5.69 Å². The lowest BCUT2D eigenvalue weighted by atomic mass is 9.90. The van der Waals surface area contributed by atoms with Gasteiger partial charge in [0.25, 0.3) is 0 Å². The molecule has 2 aromatic rings. The third-order valence-electron chi connectivity index (χ3n) is 5.30. The zero-order valence-corrected chi connectivity index (χ0v) is 16.6. The number of nitrogens with one attached hydrogen (secondary N) is 1. The molecule has 1 N–H and O–H groups in total. The highest BCUT2D eigenvalue weighted by Crippen LogP contribution is 2.38. The van der Waals surface area contributed by atoms with Crippen molar-refractivity contribution in [3.63, 3.8) is 0 Å². The molecule has 0 aliphatic heterocycles. The Labute approximate surface area is 167 Å². The van der Waals surface area contributed by atoms with Crippen molar-refractivity contribution in [2.45, 2.75) is 63.8 Å². The number of carbonyl (C=O) groups is 2. The number of hydrogen-bond donors (Lipinski definition) is 1. The fourth-order valence-electron chi connectivity index (χ4n) is 3.59. The van der Waals surface area contributed by atoms with E-state index in [9.17, 15) is 22.8 Å². The number of halogens is 3. The third-order valence-corrected chi connectivity index (χ3v) is 5.30. The average molecular weight is 407 g/mol. The van der Waals surface area contributed by atoms with Crippen molar-refractivity contribution in [1.29, 1.82) is 0 Å². The van der Waals surface area contributed by atoms with Crippen LogP contribution in [-0.4, -0.2) is 33.1 Å². The van der Waals surface area contributed by atoms with E-state index < -0.39 is 35.2 Å². The summed E-state index contributed by atoms with van der Waals surface area (Å²) in [5, 5.41) is 7.53. The normalized spacial score (nSPS) is 16.3. The number of rotatable bonds is 8. The first-order valence-electron chi connectivity index (χ1n) is 9.58. The van der Waals surface area contributed by atoms with E-state index in [4.69, 9.17) is 0 Å². The van der Waals surface area contributed by atoms with E-state index in [1.165, 1.54) is 0 Å². The van der Waals surface area contributed by atoms with Crippen LogP contribution in [0.15, 0.2) is 36.5 Å². The molecule has 1 fully saturated rings. The topological polar surface area (TPSA) is 64.0 Å². The second-order valence-electron chi connectivity index (χ2n) is 7.92. The maximum Gasteiger partial charge on any atom is 0.389 e. The van der Waals surface area contributed by atoms with Crippen molar-refractivity contribution in [2.75, 3.05) is 0 Å². The van der Waals surface area contributed by atoms with Gasteiger partial charge >= 0.3 is 6.18 Å². The number of benzene rings is 1. The molecule has 29 heavy (non-hydrogen) atoms. The van der Waals surface area contributed by atoms with Gasteiger partial charge in [0.15, 0.2) is 5.54 Å². The summed E-state index contributed by atoms with van der Waals surface area (Å²) in [6.07, 6.45) is -3.89. The molecule has 1 saturated carbocycles. The number of aryl methyl sites for hydroxylation is 1. The number of carbonyl (C=O) groups excluding carboxylic acids is 2. The highest BCUT2D eigenvalue weighted by molar-refractivity contribution is 6.67. The van der Waals surface area contributed by atoms with E-state index in [0.717, 1.165) is 23.4 Å². The highest BCUT2D eigenvalue weighted by atomic mass is 19.4. The van der Waals surface area contributed by atoms with E-state index in [0.29, 0.717) is 0 Å². The molecule has 0 unspecified atom stereocenters. The monoisotopic (exact) mass is 407 g/mol. The first-order valence-corrected chi connectivity index (χ1v) is 9.58. The van der Waals surface area contributed by atoms with Crippen molar-refractivity contribution in [2.24, 2.45) is 0 Å². The van der Waals surface area contributed by atoms with Crippen molar-refractivity contribution < 1.29 is 22.8 Å². The fourth-order valence-corrected chi connectivity index (χ4v) is 3.59. The van der Waals surface area contributed by atoms with Crippen molar-refractivity contribution in [3.05, 3.63) is 42.1 Å². The lowest BCUT2D eigenvalue weighted by Gasteiger charge is -2.31. The molecule has 0 spiro atoms. The maximum absolute atomic E-state index is 12.5. The molecule has 5 nitrogen and oxygen atoms in total. The second-order valence-corrected chi connectivity index (χ2v) is 7.92. The Hall–Kier alpha value is -2.48. The predicted molar refractivity (Wildman–Crippen MR) is 102 cm³/mol. The van der Waals surface area contributed by atoms with Crippen molar-refractivity contribution >= 4 is 11.6 Å². The smallest absolute Gasteiger partial charge is 0.289 e. The van der Waals surface area contributed by atoms with Crippen LogP contribution < -0.4 is 5.32 Å². The molecule has 0 saturated heterocycles. The van der Waals surface area contributed by atoms with Gasteiger partial charge < -0.3 is 0 Å². The Bertz CT molecular complexity index is 917. The Morgan fingerprint density at radius 2 is 1.83 bits per heavy atom. The number of ketones is 2. The standard InChI is InChI=1S/C21H24F3N3O2/c1-4-27-12-9-16(25-27)14-7-5-8-15(13-14)19(2,3)26-20(17(28)18(20)29)10-6-11-21(22,23)24/h5,7-9,12-13,26H,4,6,10-11H2,1-3H3. The first kappa shape index (κ1) is 21.2. The average Bonchev–Trinajstić information content (AvgIpc) is 3.03. The lowest BCUT2D eigenvalue weighted by molar-refractivity contribution is -0.136. The van der Waals surface area contributed by atoms with Gasteiger partial charge in [0, 0.05) is 30.3 Å². The minimum absolute atomic E-state index is 0.159. The van der Waals surface area contributed by atoms with Gasteiger partial charge in [-0.2, -0.15) is 18.3 Å². The zero-order chi connectivity index (χ0) is 21.4. The summed E-state index contributed by atoms with van der Waals surface area (Å²) in [6.45, 7) is 6.35. The third kappa shape index (κ3) is 4.42. The van der Waals surface area contributed by atoms with Crippen LogP contribution in [0.3, 0.4) is 0 Å². The van der Waals surface area contributed by atoms with Gasteiger partial charge in [-0.15, -0.1) is 0 Å². The number of nitrogens with zero attached hydrogens (tertiary/aromatic N) is 2. The zero-order valence-electron chi connectivity index (χ0n) is 16.6. The molecule has 1 aliphatic rings. The van der Waals surface area contributed by atoms with Crippen LogP contribution in [0.4, 0.5) is 13.2 Å². The van der Waals surface area contributed by atoms with Crippen LogP contribution >= 0.6 is 0 Å². The summed E-state index contributed by atoms with van der Waals surface area (Å²) in [7, 11) is 0. The summed E-state index contributed by atoms with van der Waals surface area (Å²) in [5.41, 5.74) is 0.161. The minimum Gasteiger partial charge on any atom is -0.289 e. The molecule has 1 aromatic carbocycles. The van der Waals surface area contributed by atoms with Gasteiger partial charge in [-0.05, 0) is 51.3 Å². The van der Waals surface area contributed by atoms with E-state index >= 15 is 0 Å². The molecule has 1 aliphatic carbocycles. The van der Waals surface area contributed by atoms with Gasteiger partial charge in [-0.1, -0.05) is 18.2 Å². The van der Waals surface area contributed by atoms with Crippen LogP contribution in [0, 0.1) is 0 Å². The molecule has 1 aromatic heterocycles. The quantitative estimate of drug-likeness (QED) is 0.530. The number of alkyl halides is 3. The number of Topliss-reactive ketones (excluding diaryl/α,β-unsaturated/α-hetero) is 2. The second kappa shape index (κ2) is 7.40. The summed E-state index contributed by atoms with van der Waals surface area (Å²) in [4.78, 5) is 24.0. The van der Waals surface area contributed by atoms with E-state index in [2.05, 4.69) is 10.4 Å². The fraction of sp³-hybridized carbons (Fsp3) is 0.476. The van der Waals surface area contributed by atoms with Crippen molar-refractivity contribution in [3.8, 4) is 11.3 Å². The SMILES string of the molecule is CCn1ccc(-c2cccc(C(C)(C)NC3(CCCC(F)(F)F)C(=O)C3=O)c2)n1. The summed E-state index contributed by atoms with van der Waals surface area (Å²) < 4.78 is 39.3. The summed E-state index contributed by atoms with van der Waals surface area (Å²) in [6, 6.07) is 9.43. The van der Waals surface area contributed by atoms with Gasteiger partial charge in [0.1, 0.15) is 0 Å². The number of hydrogen-bond acceptors (Lipinski definition) is 4. The molecule has 8 heteroatoms. The molecule has 0 atom stereocenters. The Kier molecular flexibility index (Phi) is 5.42. The minimum atomic E-state index is -4.31. The van der Waals surface area contributed by atoms with Crippen molar-refractivity contribution in [1.82, 2.24) is 15.1 Å². The van der Waals surface area contributed by atoms with E-state index in [-0.39, 0.29) is 12.8 Å². The van der Waals surface area contributed by atoms with Crippen LogP contribution in [0.25, 0.3) is 11.3 Å². The molecule has 0 radical (unpaired) electrons. The highest BCUT2D eigenvalue weighted by Gasteiger charge is 2.66. The molecular weight excluding hydrogens is 383 g/mol. The molecule has 0 bridgehead atoms.